The number of nitrogens with one attached hydrogen (secondary N) is 1. The lowest BCUT2D eigenvalue weighted by molar-refractivity contribution is -0.110. The smallest absolute Gasteiger partial charge is 0.256 e. The molecular formula is C10H10N2O. The molecular weight excluding hydrogens is 164 g/mol. The number of hydrogen-bond donors (Lipinski definition) is 2. The highest BCUT2D eigenvalue weighted by atomic mass is 16.1. The standard InChI is InChI=1S/C10H10N2O/c11-6-5-8-7-3-1-2-4-9(7)12-10(8)13/h1-5H,6,11H2,(H,12,13)/b8-5-. The van der Waals surface area contributed by atoms with Crippen molar-refractivity contribution in [2.24, 2.45) is 5.73 Å². The van der Waals surface area contributed by atoms with Crippen molar-refractivity contribution in [2.75, 3.05) is 11.9 Å². The third-order valence-electron chi connectivity index (χ3n) is 2.03. The Hall–Kier alpha value is -1.61. The molecule has 1 amide bonds. The monoisotopic (exact) mass is 174 g/mol. The highest BCUT2D eigenvalue weighted by Crippen LogP contribution is 2.30. The summed E-state index contributed by atoms with van der Waals surface area (Å²) >= 11 is 0. The second kappa shape index (κ2) is 3.03. The summed E-state index contributed by atoms with van der Waals surface area (Å²) in [5.74, 6) is -0.0633. The second-order valence-electron chi connectivity index (χ2n) is 2.85. The fraction of sp³-hybridized carbons (Fsp3) is 0.100. The van der Waals surface area contributed by atoms with Gasteiger partial charge in [-0.25, -0.2) is 0 Å². The van der Waals surface area contributed by atoms with E-state index in [0.29, 0.717) is 12.1 Å². The largest absolute Gasteiger partial charge is 0.327 e. The number of rotatable bonds is 1. The van der Waals surface area contributed by atoms with Crippen LogP contribution < -0.4 is 11.1 Å². The zero-order valence-corrected chi connectivity index (χ0v) is 7.08. The minimum Gasteiger partial charge on any atom is -0.327 e. The quantitative estimate of drug-likeness (QED) is 0.623. The first-order valence-electron chi connectivity index (χ1n) is 4.14. The molecule has 0 radical (unpaired) electrons. The fourth-order valence-corrected chi connectivity index (χ4v) is 1.46. The van der Waals surface area contributed by atoms with Crippen LogP contribution in [0.25, 0.3) is 5.57 Å². The molecule has 1 heterocycles. The Morgan fingerprint density at radius 1 is 1.38 bits per heavy atom. The predicted molar refractivity (Wildman–Crippen MR) is 52.1 cm³/mol. The van der Waals surface area contributed by atoms with Crippen LogP contribution in [0.2, 0.25) is 0 Å². The van der Waals surface area contributed by atoms with Crippen molar-refractivity contribution in [3.8, 4) is 0 Å². The lowest BCUT2D eigenvalue weighted by Gasteiger charge is -1.94. The average molecular weight is 174 g/mol. The van der Waals surface area contributed by atoms with Crippen molar-refractivity contribution >= 4 is 17.2 Å². The SMILES string of the molecule is NC/C=C1\C(=O)Nc2ccccc21. The summed E-state index contributed by atoms with van der Waals surface area (Å²) in [5.41, 5.74) is 7.86. The summed E-state index contributed by atoms with van der Waals surface area (Å²) in [7, 11) is 0. The molecule has 0 saturated heterocycles. The molecule has 0 aromatic heterocycles. The van der Waals surface area contributed by atoms with E-state index in [2.05, 4.69) is 5.32 Å². The van der Waals surface area contributed by atoms with Gasteiger partial charge < -0.3 is 11.1 Å². The Bertz CT molecular complexity index is 382. The first-order chi connectivity index (χ1) is 6.33. The van der Waals surface area contributed by atoms with E-state index in [1.807, 2.05) is 24.3 Å². The van der Waals surface area contributed by atoms with E-state index in [4.69, 9.17) is 5.73 Å². The van der Waals surface area contributed by atoms with E-state index in [0.717, 1.165) is 11.3 Å². The van der Waals surface area contributed by atoms with E-state index < -0.39 is 0 Å². The maximum atomic E-state index is 11.4. The molecule has 0 saturated carbocycles. The van der Waals surface area contributed by atoms with Crippen molar-refractivity contribution in [1.29, 1.82) is 0 Å². The molecule has 1 aliphatic heterocycles. The summed E-state index contributed by atoms with van der Waals surface area (Å²) in [4.78, 5) is 11.4. The first-order valence-corrected chi connectivity index (χ1v) is 4.14. The highest BCUT2D eigenvalue weighted by Gasteiger charge is 2.22. The second-order valence-corrected chi connectivity index (χ2v) is 2.85. The number of para-hydroxylation sites is 1. The molecule has 3 heteroatoms. The topological polar surface area (TPSA) is 55.1 Å². The van der Waals surface area contributed by atoms with Gasteiger partial charge in [0, 0.05) is 23.4 Å². The highest BCUT2D eigenvalue weighted by molar-refractivity contribution is 6.31. The van der Waals surface area contributed by atoms with Crippen molar-refractivity contribution in [3.05, 3.63) is 35.9 Å². The zero-order valence-electron chi connectivity index (χ0n) is 7.08. The van der Waals surface area contributed by atoms with Gasteiger partial charge in [-0.1, -0.05) is 24.3 Å². The number of benzene rings is 1. The minimum absolute atomic E-state index is 0.0633. The van der Waals surface area contributed by atoms with Crippen molar-refractivity contribution in [2.45, 2.75) is 0 Å². The van der Waals surface area contributed by atoms with Crippen LogP contribution in [0.1, 0.15) is 5.56 Å². The van der Waals surface area contributed by atoms with E-state index in [-0.39, 0.29) is 5.91 Å². The third-order valence-corrected chi connectivity index (χ3v) is 2.03. The molecule has 3 nitrogen and oxygen atoms in total. The van der Waals surface area contributed by atoms with Crippen LogP contribution >= 0.6 is 0 Å². The fourth-order valence-electron chi connectivity index (χ4n) is 1.46. The lowest BCUT2D eigenvalue weighted by Crippen LogP contribution is -2.05. The van der Waals surface area contributed by atoms with Crippen LogP contribution in [0.4, 0.5) is 5.69 Å². The van der Waals surface area contributed by atoms with Crippen LogP contribution in [-0.2, 0) is 4.79 Å². The summed E-state index contributed by atoms with van der Waals surface area (Å²) in [5, 5.41) is 2.77. The lowest BCUT2D eigenvalue weighted by atomic mass is 10.1. The number of hydrogen-bond acceptors (Lipinski definition) is 2. The molecule has 0 aliphatic carbocycles. The van der Waals surface area contributed by atoms with Gasteiger partial charge in [0.05, 0.1) is 0 Å². The Morgan fingerprint density at radius 3 is 2.92 bits per heavy atom. The van der Waals surface area contributed by atoms with Crippen LogP contribution in [0, 0.1) is 0 Å². The van der Waals surface area contributed by atoms with Gasteiger partial charge in [-0.15, -0.1) is 0 Å². The van der Waals surface area contributed by atoms with Gasteiger partial charge in [0.2, 0.25) is 0 Å². The Morgan fingerprint density at radius 2 is 2.15 bits per heavy atom. The summed E-state index contributed by atoms with van der Waals surface area (Å²) in [6.45, 7) is 0.386. The van der Waals surface area contributed by atoms with Gasteiger partial charge in [-0.2, -0.15) is 0 Å². The minimum atomic E-state index is -0.0633. The molecule has 0 bridgehead atoms. The number of fused-ring (bicyclic) bond motifs is 1. The molecule has 0 unspecified atom stereocenters. The van der Waals surface area contributed by atoms with Gasteiger partial charge in [-0.3, -0.25) is 4.79 Å². The number of carbonyl (C=O) groups excluding carboxylic acids is 1. The Kier molecular flexibility index (Phi) is 1.87. The molecule has 1 aliphatic rings. The first kappa shape index (κ1) is 8.01. The van der Waals surface area contributed by atoms with E-state index in [1.165, 1.54) is 0 Å². The normalized spacial score (nSPS) is 17.3. The molecule has 66 valence electrons. The van der Waals surface area contributed by atoms with Gasteiger partial charge in [0.25, 0.3) is 5.91 Å². The third kappa shape index (κ3) is 1.23. The number of nitrogens with two attached hydrogens (primary N) is 1. The van der Waals surface area contributed by atoms with Gasteiger partial charge in [0.15, 0.2) is 0 Å². The van der Waals surface area contributed by atoms with Gasteiger partial charge in [0.1, 0.15) is 0 Å². The zero-order chi connectivity index (χ0) is 9.26. The Balaban J connectivity index is 2.53. The van der Waals surface area contributed by atoms with Crippen LogP contribution in [0.15, 0.2) is 30.3 Å². The van der Waals surface area contributed by atoms with Crippen LogP contribution in [0.5, 0.6) is 0 Å². The molecule has 3 N–H and O–H groups in total. The van der Waals surface area contributed by atoms with Gasteiger partial charge >= 0.3 is 0 Å². The molecule has 2 rings (SSSR count). The van der Waals surface area contributed by atoms with E-state index in [9.17, 15) is 4.79 Å². The van der Waals surface area contributed by atoms with Crippen molar-refractivity contribution in [3.63, 3.8) is 0 Å². The van der Waals surface area contributed by atoms with Crippen molar-refractivity contribution < 1.29 is 4.79 Å². The average Bonchev–Trinajstić information content (AvgIpc) is 2.44. The van der Waals surface area contributed by atoms with E-state index in [1.54, 1.807) is 6.08 Å². The Labute approximate surface area is 76.2 Å². The molecule has 0 atom stereocenters. The molecule has 1 aromatic rings. The molecule has 1 aromatic carbocycles. The predicted octanol–water partition coefficient (Wildman–Crippen LogP) is 0.981. The number of amides is 1. The van der Waals surface area contributed by atoms with Crippen LogP contribution in [-0.4, -0.2) is 12.5 Å². The van der Waals surface area contributed by atoms with Crippen LogP contribution in [0.3, 0.4) is 0 Å². The summed E-state index contributed by atoms with van der Waals surface area (Å²) in [6, 6.07) is 7.59. The molecule has 0 spiro atoms. The summed E-state index contributed by atoms with van der Waals surface area (Å²) in [6.07, 6.45) is 1.74. The van der Waals surface area contributed by atoms with Crippen molar-refractivity contribution in [1.82, 2.24) is 0 Å². The van der Waals surface area contributed by atoms with E-state index >= 15 is 0 Å². The summed E-state index contributed by atoms with van der Waals surface area (Å²) < 4.78 is 0. The number of carbonyl (C=O) groups is 1. The maximum Gasteiger partial charge on any atom is 0.256 e. The van der Waals surface area contributed by atoms with Gasteiger partial charge in [-0.05, 0) is 6.07 Å². The molecule has 0 fully saturated rings. The maximum absolute atomic E-state index is 11.4. The number of anilines is 1. The molecule has 13 heavy (non-hydrogen) atoms.